The van der Waals surface area contributed by atoms with E-state index in [4.69, 9.17) is 0 Å². The zero-order chi connectivity index (χ0) is 14.7. The first kappa shape index (κ1) is 15.1. The molecule has 2 amide bonds. The van der Waals surface area contributed by atoms with E-state index in [0.717, 1.165) is 16.4 Å². The Morgan fingerprint density at radius 2 is 2.00 bits per heavy atom. The molecular weight excluding hydrogens is 371 g/mol. The Hall–Kier alpha value is -1.31. The molecule has 2 atom stereocenters. The molecule has 1 aliphatic rings. The molecule has 1 aromatic rings. The van der Waals surface area contributed by atoms with Crippen molar-refractivity contribution in [2.75, 3.05) is 11.9 Å². The van der Waals surface area contributed by atoms with Crippen molar-refractivity contribution >= 4 is 40.3 Å². The van der Waals surface area contributed by atoms with Gasteiger partial charge in [0.2, 0.25) is 0 Å². The zero-order valence-electron chi connectivity index (χ0n) is 11.2. The number of benzene rings is 1. The van der Waals surface area contributed by atoms with E-state index >= 15 is 0 Å². The number of carboxylic acid groups (broad SMARTS) is 1. The van der Waals surface area contributed by atoms with E-state index in [-0.39, 0.29) is 11.9 Å². The summed E-state index contributed by atoms with van der Waals surface area (Å²) in [5, 5.41) is 12.1. The molecule has 2 N–H and O–H groups in total. The lowest BCUT2D eigenvalue weighted by atomic mass is 9.91. The number of amides is 2. The molecule has 2 unspecified atom stereocenters. The van der Waals surface area contributed by atoms with Crippen LogP contribution < -0.4 is 5.32 Å². The third kappa shape index (κ3) is 3.41. The van der Waals surface area contributed by atoms with E-state index in [1.807, 2.05) is 31.2 Å². The highest BCUT2D eigenvalue weighted by molar-refractivity contribution is 14.1. The minimum Gasteiger partial charge on any atom is -0.480 e. The number of piperidine rings is 1. The number of carboxylic acids is 1. The van der Waals surface area contributed by atoms with Crippen LogP contribution in [0.25, 0.3) is 0 Å². The van der Waals surface area contributed by atoms with Crippen molar-refractivity contribution < 1.29 is 14.7 Å². The number of nitrogens with one attached hydrogen (secondary N) is 1. The lowest BCUT2D eigenvalue weighted by Gasteiger charge is -2.37. The Morgan fingerprint density at radius 1 is 1.35 bits per heavy atom. The number of aliphatic carboxylic acids is 1. The first-order valence-corrected chi connectivity index (χ1v) is 7.63. The Balaban J connectivity index is 2.10. The van der Waals surface area contributed by atoms with Crippen molar-refractivity contribution in [1.29, 1.82) is 0 Å². The molecule has 0 aromatic heterocycles. The van der Waals surface area contributed by atoms with Gasteiger partial charge in [0.1, 0.15) is 6.04 Å². The predicted octanol–water partition coefficient (Wildman–Crippen LogP) is 3.01. The molecule has 2 rings (SSSR count). The van der Waals surface area contributed by atoms with Gasteiger partial charge < -0.3 is 15.3 Å². The lowest BCUT2D eigenvalue weighted by Crippen LogP contribution is -2.53. The van der Waals surface area contributed by atoms with Crippen LogP contribution in [0.15, 0.2) is 24.3 Å². The molecule has 1 heterocycles. The highest BCUT2D eigenvalue weighted by Gasteiger charge is 2.37. The number of hydrogen-bond donors (Lipinski definition) is 2. The van der Waals surface area contributed by atoms with Crippen LogP contribution in [0.2, 0.25) is 0 Å². The van der Waals surface area contributed by atoms with E-state index in [1.165, 1.54) is 4.90 Å². The van der Waals surface area contributed by atoms with E-state index in [9.17, 15) is 14.7 Å². The third-order valence-electron chi connectivity index (χ3n) is 3.54. The Bertz CT molecular complexity index is 504. The molecule has 0 aliphatic carbocycles. The van der Waals surface area contributed by atoms with Gasteiger partial charge in [0.25, 0.3) is 0 Å². The van der Waals surface area contributed by atoms with Crippen LogP contribution in [0.1, 0.15) is 19.8 Å². The minimum atomic E-state index is -0.935. The Morgan fingerprint density at radius 3 is 2.60 bits per heavy atom. The number of rotatable bonds is 2. The molecule has 0 bridgehead atoms. The first-order valence-electron chi connectivity index (χ1n) is 6.55. The predicted molar refractivity (Wildman–Crippen MR) is 84.7 cm³/mol. The molecule has 6 heteroatoms. The van der Waals surface area contributed by atoms with E-state index in [2.05, 4.69) is 27.9 Å². The fraction of sp³-hybridized carbons (Fsp3) is 0.429. The summed E-state index contributed by atoms with van der Waals surface area (Å²) in [6.45, 7) is 2.36. The van der Waals surface area contributed by atoms with Gasteiger partial charge in [0.05, 0.1) is 0 Å². The number of halogens is 1. The fourth-order valence-corrected chi connectivity index (χ4v) is 2.88. The number of likely N-dealkylation sites (tertiary alicyclic amines) is 1. The second-order valence-corrected chi connectivity index (χ2v) is 6.28. The van der Waals surface area contributed by atoms with Crippen molar-refractivity contribution in [3.63, 3.8) is 0 Å². The van der Waals surface area contributed by atoms with Crippen molar-refractivity contribution in [1.82, 2.24) is 4.90 Å². The Kier molecular flexibility index (Phi) is 4.85. The molecule has 1 aromatic carbocycles. The van der Waals surface area contributed by atoms with Gasteiger partial charge in [-0.1, -0.05) is 6.92 Å². The second kappa shape index (κ2) is 6.43. The molecule has 1 fully saturated rings. The van der Waals surface area contributed by atoms with E-state index < -0.39 is 12.0 Å². The van der Waals surface area contributed by atoms with Gasteiger partial charge in [-0.2, -0.15) is 0 Å². The summed E-state index contributed by atoms with van der Waals surface area (Å²) in [6.07, 6.45) is 1.68. The molecule has 1 aliphatic heterocycles. The summed E-state index contributed by atoms with van der Waals surface area (Å²) < 4.78 is 1.08. The number of carbonyl (C=O) groups is 2. The Labute approximate surface area is 131 Å². The van der Waals surface area contributed by atoms with Crippen molar-refractivity contribution in [2.45, 2.75) is 25.8 Å². The third-order valence-corrected chi connectivity index (χ3v) is 4.26. The second-order valence-electron chi connectivity index (χ2n) is 5.03. The average molecular weight is 388 g/mol. The van der Waals surface area contributed by atoms with Gasteiger partial charge in [-0.05, 0) is 65.6 Å². The molecule has 0 spiro atoms. The number of urea groups is 1. The fourth-order valence-electron chi connectivity index (χ4n) is 2.52. The normalized spacial score (nSPS) is 22.4. The molecular formula is C14H17IN2O3. The van der Waals surface area contributed by atoms with Crippen LogP contribution in [0.4, 0.5) is 10.5 Å². The van der Waals surface area contributed by atoms with Crippen LogP contribution >= 0.6 is 22.6 Å². The van der Waals surface area contributed by atoms with Gasteiger partial charge >= 0.3 is 12.0 Å². The topological polar surface area (TPSA) is 69.6 Å². The van der Waals surface area contributed by atoms with Crippen molar-refractivity contribution in [3.8, 4) is 0 Å². The maximum absolute atomic E-state index is 12.3. The summed E-state index contributed by atoms with van der Waals surface area (Å²) in [7, 11) is 0. The highest BCUT2D eigenvalue weighted by atomic mass is 127. The number of nitrogens with zero attached hydrogens (tertiary/aromatic N) is 1. The quantitative estimate of drug-likeness (QED) is 0.766. The van der Waals surface area contributed by atoms with Gasteiger partial charge in [-0.25, -0.2) is 9.59 Å². The highest BCUT2D eigenvalue weighted by Crippen LogP contribution is 2.24. The number of hydrogen-bond acceptors (Lipinski definition) is 2. The molecule has 0 radical (unpaired) electrons. The zero-order valence-corrected chi connectivity index (χ0v) is 13.3. The monoisotopic (exact) mass is 388 g/mol. The van der Waals surface area contributed by atoms with E-state index in [0.29, 0.717) is 12.2 Å². The molecule has 1 saturated heterocycles. The molecule has 20 heavy (non-hydrogen) atoms. The molecule has 0 saturated carbocycles. The molecule has 108 valence electrons. The summed E-state index contributed by atoms with van der Waals surface area (Å²) in [4.78, 5) is 25.0. The smallest absolute Gasteiger partial charge is 0.326 e. The summed E-state index contributed by atoms with van der Waals surface area (Å²) in [6, 6.07) is 6.32. The SMILES string of the molecule is CC1CCCN(C(=O)Nc2ccc(I)cc2)C1C(=O)O. The lowest BCUT2D eigenvalue weighted by molar-refractivity contribution is -0.145. The van der Waals surface area contributed by atoms with Crippen molar-refractivity contribution in [3.05, 3.63) is 27.8 Å². The van der Waals surface area contributed by atoms with Crippen molar-refractivity contribution in [2.24, 2.45) is 5.92 Å². The first-order chi connectivity index (χ1) is 9.49. The summed E-state index contributed by atoms with van der Waals surface area (Å²) >= 11 is 2.19. The summed E-state index contributed by atoms with van der Waals surface area (Å²) in [5.74, 6) is -0.960. The largest absolute Gasteiger partial charge is 0.480 e. The van der Waals surface area contributed by atoms with Gasteiger partial charge in [-0.15, -0.1) is 0 Å². The average Bonchev–Trinajstić information content (AvgIpc) is 2.40. The minimum absolute atomic E-state index is 0.0243. The standard InChI is InChI=1S/C14H17IN2O3/c1-9-3-2-8-17(12(9)13(18)19)14(20)16-11-6-4-10(15)5-7-11/h4-7,9,12H,2-3,8H2,1H3,(H,16,20)(H,18,19). The van der Waals surface area contributed by atoms with Crippen LogP contribution in [-0.4, -0.2) is 34.6 Å². The van der Waals surface area contributed by atoms with Crippen LogP contribution in [0.3, 0.4) is 0 Å². The van der Waals surface area contributed by atoms with Gasteiger partial charge in [0.15, 0.2) is 0 Å². The molecule has 5 nitrogen and oxygen atoms in total. The van der Waals surface area contributed by atoms with Crippen LogP contribution in [-0.2, 0) is 4.79 Å². The van der Waals surface area contributed by atoms with Crippen LogP contribution in [0, 0.1) is 9.49 Å². The van der Waals surface area contributed by atoms with E-state index in [1.54, 1.807) is 0 Å². The number of carbonyl (C=O) groups excluding carboxylic acids is 1. The summed E-state index contributed by atoms with van der Waals surface area (Å²) in [5.41, 5.74) is 0.679. The van der Waals surface area contributed by atoms with Gasteiger partial charge in [0, 0.05) is 15.8 Å². The maximum Gasteiger partial charge on any atom is 0.326 e. The maximum atomic E-state index is 12.3. The van der Waals surface area contributed by atoms with Gasteiger partial charge in [-0.3, -0.25) is 0 Å². The number of anilines is 1. The van der Waals surface area contributed by atoms with Crippen LogP contribution in [0.5, 0.6) is 0 Å².